The second kappa shape index (κ2) is 5.05. The molecule has 17 heavy (non-hydrogen) atoms. The zero-order chi connectivity index (χ0) is 12.4. The molecule has 0 saturated heterocycles. The Labute approximate surface area is 106 Å². The number of Topliss-reactive ketones (excluding diaryl/α,β-unsaturated/α-hetero) is 2. The molecule has 1 aromatic rings. The van der Waals surface area contributed by atoms with Crippen LogP contribution < -0.4 is 0 Å². The van der Waals surface area contributed by atoms with Crippen LogP contribution in [0.15, 0.2) is 29.2 Å². The first-order valence-corrected chi connectivity index (χ1v) is 6.83. The highest BCUT2D eigenvalue weighted by molar-refractivity contribution is 8.00. The maximum absolute atomic E-state index is 12.0. The maximum Gasteiger partial charge on any atom is 0.165 e. The van der Waals surface area contributed by atoms with Gasteiger partial charge in [0.05, 0.1) is 0 Å². The standard InChI is InChI=1S/C14H16O2S/c1-3-11(15)9(2)14-8-12(16)10-6-4-5-7-13(10)17-14/h4-7,9,14H,3,8H2,1-2H3. The van der Waals surface area contributed by atoms with Crippen LogP contribution in [0.2, 0.25) is 0 Å². The Hall–Kier alpha value is -1.09. The molecule has 0 bridgehead atoms. The molecular formula is C14H16O2S. The van der Waals surface area contributed by atoms with Crippen LogP contribution in [0.4, 0.5) is 0 Å². The predicted octanol–water partition coefficient (Wildman–Crippen LogP) is 3.35. The summed E-state index contributed by atoms with van der Waals surface area (Å²) < 4.78 is 0. The predicted molar refractivity (Wildman–Crippen MR) is 69.5 cm³/mol. The van der Waals surface area contributed by atoms with Gasteiger partial charge in [-0.1, -0.05) is 32.0 Å². The van der Waals surface area contributed by atoms with E-state index in [1.807, 2.05) is 38.1 Å². The molecule has 1 aliphatic heterocycles. The first-order chi connectivity index (χ1) is 8.13. The van der Waals surface area contributed by atoms with Gasteiger partial charge in [0.1, 0.15) is 5.78 Å². The van der Waals surface area contributed by atoms with Gasteiger partial charge in [0.15, 0.2) is 5.78 Å². The number of hydrogen-bond acceptors (Lipinski definition) is 3. The average Bonchev–Trinajstić information content (AvgIpc) is 2.37. The average molecular weight is 248 g/mol. The summed E-state index contributed by atoms with van der Waals surface area (Å²) in [7, 11) is 0. The van der Waals surface area contributed by atoms with Crippen molar-refractivity contribution in [2.24, 2.45) is 5.92 Å². The van der Waals surface area contributed by atoms with Crippen molar-refractivity contribution >= 4 is 23.3 Å². The van der Waals surface area contributed by atoms with Crippen molar-refractivity contribution in [3.8, 4) is 0 Å². The van der Waals surface area contributed by atoms with Gasteiger partial charge in [-0.15, -0.1) is 11.8 Å². The molecular weight excluding hydrogens is 232 g/mol. The van der Waals surface area contributed by atoms with E-state index < -0.39 is 0 Å². The van der Waals surface area contributed by atoms with Crippen LogP contribution in [0, 0.1) is 5.92 Å². The Balaban J connectivity index is 2.22. The summed E-state index contributed by atoms with van der Waals surface area (Å²) in [6.07, 6.45) is 1.03. The number of carbonyl (C=O) groups is 2. The number of rotatable bonds is 3. The molecule has 0 aliphatic carbocycles. The van der Waals surface area contributed by atoms with Crippen LogP contribution >= 0.6 is 11.8 Å². The Morgan fingerprint density at radius 1 is 1.47 bits per heavy atom. The molecule has 0 N–H and O–H groups in total. The van der Waals surface area contributed by atoms with Gasteiger partial charge in [0.2, 0.25) is 0 Å². The van der Waals surface area contributed by atoms with E-state index >= 15 is 0 Å². The lowest BCUT2D eigenvalue weighted by Gasteiger charge is -2.26. The molecule has 0 amide bonds. The fourth-order valence-corrected chi connectivity index (χ4v) is 3.49. The molecule has 0 aromatic heterocycles. The summed E-state index contributed by atoms with van der Waals surface area (Å²) in [6.45, 7) is 3.81. The molecule has 2 unspecified atom stereocenters. The van der Waals surface area contributed by atoms with E-state index in [1.54, 1.807) is 11.8 Å². The topological polar surface area (TPSA) is 34.1 Å². The number of ketones is 2. The summed E-state index contributed by atoms with van der Waals surface area (Å²) in [4.78, 5) is 24.7. The quantitative estimate of drug-likeness (QED) is 0.822. The van der Waals surface area contributed by atoms with Crippen LogP contribution in [0.25, 0.3) is 0 Å². The summed E-state index contributed by atoms with van der Waals surface area (Å²) in [5, 5.41) is 0.102. The monoisotopic (exact) mass is 248 g/mol. The second-order valence-electron chi connectivity index (χ2n) is 4.39. The van der Waals surface area contributed by atoms with Crippen LogP contribution in [-0.2, 0) is 4.79 Å². The number of fused-ring (bicyclic) bond motifs is 1. The van der Waals surface area contributed by atoms with Crippen molar-refractivity contribution in [2.75, 3.05) is 0 Å². The van der Waals surface area contributed by atoms with E-state index in [0.717, 1.165) is 10.5 Å². The summed E-state index contributed by atoms with van der Waals surface area (Å²) in [6, 6.07) is 7.66. The SMILES string of the molecule is CCC(=O)C(C)C1CC(=O)c2ccccc2S1. The summed E-state index contributed by atoms with van der Waals surface area (Å²) >= 11 is 1.67. The minimum atomic E-state index is -0.0395. The van der Waals surface area contributed by atoms with Gasteiger partial charge in [-0.2, -0.15) is 0 Å². The summed E-state index contributed by atoms with van der Waals surface area (Å²) in [5.74, 6) is 0.372. The van der Waals surface area contributed by atoms with E-state index in [4.69, 9.17) is 0 Å². The molecule has 0 fully saturated rings. The molecule has 2 atom stereocenters. The minimum absolute atomic E-state index is 0.0395. The molecule has 0 saturated carbocycles. The van der Waals surface area contributed by atoms with E-state index in [0.29, 0.717) is 12.8 Å². The zero-order valence-electron chi connectivity index (χ0n) is 10.1. The Morgan fingerprint density at radius 3 is 2.88 bits per heavy atom. The molecule has 1 aliphatic rings. The molecule has 1 aromatic carbocycles. The maximum atomic E-state index is 12.0. The lowest BCUT2D eigenvalue weighted by molar-refractivity contribution is -0.122. The van der Waals surface area contributed by atoms with Gasteiger partial charge in [0.25, 0.3) is 0 Å². The van der Waals surface area contributed by atoms with Crippen molar-refractivity contribution in [1.82, 2.24) is 0 Å². The fraction of sp³-hybridized carbons (Fsp3) is 0.429. The minimum Gasteiger partial charge on any atom is -0.299 e. The van der Waals surface area contributed by atoms with E-state index in [2.05, 4.69) is 0 Å². The van der Waals surface area contributed by atoms with Gasteiger partial charge in [0, 0.05) is 34.5 Å². The van der Waals surface area contributed by atoms with E-state index in [1.165, 1.54) is 0 Å². The van der Waals surface area contributed by atoms with Crippen LogP contribution in [0.3, 0.4) is 0 Å². The van der Waals surface area contributed by atoms with Crippen molar-refractivity contribution in [2.45, 2.75) is 36.8 Å². The lowest BCUT2D eigenvalue weighted by atomic mass is 9.94. The third-order valence-electron chi connectivity index (χ3n) is 3.27. The van der Waals surface area contributed by atoms with E-state index in [-0.39, 0.29) is 22.7 Å². The molecule has 0 spiro atoms. The molecule has 1 heterocycles. The van der Waals surface area contributed by atoms with Crippen LogP contribution in [0.1, 0.15) is 37.0 Å². The highest BCUT2D eigenvalue weighted by atomic mass is 32.2. The highest BCUT2D eigenvalue weighted by Crippen LogP contribution is 2.38. The fourth-order valence-electron chi connectivity index (χ4n) is 2.11. The third-order valence-corrected chi connectivity index (χ3v) is 4.75. The van der Waals surface area contributed by atoms with Crippen molar-refractivity contribution in [3.63, 3.8) is 0 Å². The Morgan fingerprint density at radius 2 is 2.18 bits per heavy atom. The highest BCUT2D eigenvalue weighted by Gasteiger charge is 2.31. The molecule has 2 rings (SSSR count). The zero-order valence-corrected chi connectivity index (χ0v) is 10.9. The van der Waals surface area contributed by atoms with Crippen molar-refractivity contribution in [3.05, 3.63) is 29.8 Å². The third kappa shape index (κ3) is 2.44. The Bertz CT molecular complexity index is 453. The van der Waals surface area contributed by atoms with Gasteiger partial charge in [-0.25, -0.2) is 0 Å². The van der Waals surface area contributed by atoms with Gasteiger partial charge < -0.3 is 0 Å². The Kier molecular flexibility index (Phi) is 3.67. The first-order valence-electron chi connectivity index (χ1n) is 5.95. The van der Waals surface area contributed by atoms with Gasteiger partial charge in [-0.3, -0.25) is 9.59 Å². The number of hydrogen-bond donors (Lipinski definition) is 0. The molecule has 3 heteroatoms. The van der Waals surface area contributed by atoms with Crippen LogP contribution in [-0.4, -0.2) is 16.8 Å². The number of carbonyl (C=O) groups excluding carboxylic acids is 2. The lowest BCUT2D eigenvalue weighted by Crippen LogP contribution is -2.28. The van der Waals surface area contributed by atoms with E-state index in [9.17, 15) is 9.59 Å². The summed E-state index contributed by atoms with van der Waals surface area (Å²) in [5.41, 5.74) is 0.810. The smallest absolute Gasteiger partial charge is 0.165 e. The molecule has 90 valence electrons. The van der Waals surface area contributed by atoms with Crippen LogP contribution in [0.5, 0.6) is 0 Å². The second-order valence-corrected chi connectivity index (χ2v) is 5.67. The number of thioether (sulfide) groups is 1. The normalized spacial score (nSPS) is 20.8. The van der Waals surface area contributed by atoms with Gasteiger partial charge >= 0.3 is 0 Å². The van der Waals surface area contributed by atoms with Crippen molar-refractivity contribution in [1.29, 1.82) is 0 Å². The number of benzene rings is 1. The van der Waals surface area contributed by atoms with Crippen molar-refractivity contribution < 1.29 is 9.59 Å². The largest absolute Gasteiger partial charge is 0.299 e. The molecule has 0 radical (unpaired) electrons. The molecule has 2 nitrogen and oxygen atoms in total. The first kappa shape index (κ1) is 12.4. The van der Waals surface area contributed by atoms with Gasteiger partial charge in [-0.05, 0) is 6.07 Å².